The highest BCUT2D eigenvalue weighted by atomic mass is 16.5. The Morgan fingerprint density at radius 2 is 2.18 bits per heavy atom. The number of rotatable bonds is 4. The van der Waals surface area contributed by atoms with Gasteiger partial charge in [-0.1, -0.05) is 30.3 Å². The average molecular weight is 234 g/mol. The molecule has 4 heteroatoms. The van der Waals surface area contributed by atoms with Crippen molar-refractivity contribution < 1.29 is 10.0 Å². The summed E-state index contributed by atoms with van der Waals surface area (Å²) in [6.07, 6.45) is 2.16. The predicted molar refractivity (Wildman–Crippen MR) is 64.7 cm³/mol. The molecule has 1 aromatic rings. The number of benzene rings is 1. The van der Waals surface area contributed by atoms with E-state index in [0.29, 0.717) is 13.0 Å². The molecule has 1 fully saturated rings. The van der Waals surface area contributed by atoms with E-state index < -0.39 is 0 Å². The van der Waals surface area contributed by atoms with Crippen molar-refractivity contribution in [3.63, 3.8) is 0 Å². The molecule has 1 aromatic carbocycles. The van der Waals surface area contributed by atoms with Gasteiger partial charge in [0.05, 0.1) is 6.04 Å². The number of hydrogen-bond acceptors (Lipinski definition) is 3. The third kappa shape index (κ3) is 3.28. The molecule has 17 heavy (non-hydrogen) atoms. The number of nitrogens with one attached hydrogen (secondary N) is 1. The third-order valence-electron chi connectivity index (χ3n) is 3.19. The Morgan fingerprint density at radius 3 is 2.82 bits per heavy atom. The monoisotopic (exact) mass is 234 g/mol. The van der Waals surface area contributed by atoms with E-state index in [-0.39, 0.29) is 11.9 Å². The molecule has 0 aromatic heterocycles. The van der Waals surface area contributed by atoms with Gasteiger partial charge in [-0.25, -0.2) is 5.48 Å². The predicted octanol–water partition coefficient (Wildman–Crippen LogP) is 1.20. The largest absolute Gasteiger partial charge is 0.341 e. The standard InChI is InChI=1S/C13H18N2O2/c16-13(15-9-8-12(10-15)14-17)7-6-11-4-2-1-3-5-11/h1-5,12,14,17H,6-10H2. The molecular weight excluding hydrogens is 216 g/mol. The SMILES string of the molecule is O=C(CCc1ccccc1)N1CCC(NO)C1. The van der Waals surface area contributed by atoms with Crippen LogP contribution in [0.4, 0.5) is 0 Å². The second kappa shape index (κ2) is 5.80. The van der Waals surface area contributed by atoms with Crippen LogP contribution < -0.4 is 5.48 Å². The maximum absolute atomic E-state index is 11.9. The lowest BCUT2D eigenvalue weighted by Crippen LogP contribution is -2.33. The summed E-state index contributed by atoms with van der Waals surface area (Å²) in [5.74, 6) is 0.173. The molecule has 1 aliphatic heterocycles. The van der Waals surface area contributed by atoms with Crippen LogP contribution in [0.15, 0.2) is 30.3 Å². The molecule has 1 aliphatic rings. The van der Waals surface area contributed by atoms with Gasteiger partial charge in [-0.2, -0.15) is 0 Å². The molecule has 0 spiro atoms. The number of carbonyl (C=O) groups is 1. The van der Waals surface area contributed by atoms with Crippen LogP contribution in [-0.4, -0.2) is 35.1 Å². The normalized spacial score (nSPS) is 19.6. The van der Waals surface area contributed by atoms with Gasteiger partial charge in [-0.05, 0) is 18.4 Å². The molecule has 2 N–H and O–H groups in total. The summed E-state index contributed by atoms with van der Waals surface area (Å²) in [5.41, 5.74) is 3.42. The first-order valence-electron chi connectivity index (χ1n) is 6.01. The minimum atomic E-state index is 0.0377. The Morgan fingerprint density at radius 1 is 1.41 bits per heavy atom. The molecule has 1 saturated heterocycles. The first-order chi connectivity index (χ1) is 8.29. The molecule has 2 rings (SSSR count). The number of hydrogen-bond donors (Lipinski definition) is 2. The second-order valence-electron chi connectivity index (χ2n) is 4.44. The second-order valence-corrected chi connectivity index (χ2v) is 4.44. The third-order valence-corrected chi connectivity index (χ3v) is 3.19. The molecular formula is C13H18N2O2. The highest BCUT2D eigenvalue weighted by Gasteiger charge is 2.25. The fourth-order valence-corrected chi connectivity index (χ4v) is 2.15. The molecule has 0 saturated carbocycles. The lowest BCUT2D eigenvalue weighted by atomic mass is 10.1. The van der Waals surface area contributed by atoms with Gasteiger partial charge in [0.1, 0.15) is 0 Å². The molecule has 92 valence electrons. The van der Waals surface area contributed by atoms with E-state index in [1.807, 2.05) is 35.2 Å². The van der Waals surface area contributed by atoms with Crippen LogP contribution in [0.3, 0.4) is 0 Å². The van der Waals surface area contributed by atoms with Crippen molar-refractivity contribution in [1.82, 2.24) is 10.4 Å². The lowest BCUT2D eigenvalue weighted by molar-refractivity contribution is -0.130. The molecule has 0 bridgehead atoms. The number of likely N-dealkylation sites (tertiary alicyclic amines) is 1. The van der Waals surface area contributed by atoms with Crippen LogP contribution in [0.1, 0.15) is 18.4 Å². The smallest absolute Gasteiger partial charge is 0.222 e. The fourth-order valence-electron chi connectivity index (χ4n) is 2.15. The first kappa shape index (κ1) is 12.1. The van der Waals surface area contributed by atoms with Gasteiger partial charge in [0.15, 0.2) is 0 Å². The van der Waals surface area contributed by atoms with Crippen molar-refractivity contribution in [3.05, 3.63) is 35.9 Å². The summed E-state index contributed by atoms with van der Waals surface area (Å²) in [6, 6.07) is 10.1. The van der Waals surface area contributed by atoms with Crippen LogP contribution in [0.5, 0.6) is 0 Å². The number of aryl methyl sites for hydroxylation is 1. The summed E-state index contributed by atoms with van der Waals surface area (Å²) in [7, 11) is 0. The van der Waals surface area contributed by atoms with E-state index in [1.54, 1.807) is 0 Å². The van der Waals surface area contributed by atoms with E-state index >= 15 is 0 Å². The molecule has 0 aliphatic carbocycles. The van der Waals surface area contributed by atoms with Gasteiger partial charge in [0.2, 0.25) is 5.91 Å². The van der Waals surface area contributed by atoms with Gasteiger partial charge in [0.25, 0.3) is 0 Å². The quantitative estimate of drug-likeness (QED) is 0.770. The fraction of sp³-hybridized carbons (Fsp3) is 0.462. The van der Waals surface area contributed by atoms with Gasteiger partial charge in [0, 0.05) is 19.5 Å². The van der Waals surface area contributed by atoms with Crippen molar-refractivity contribution in [1.29, 1.82) is 0 Å². The van der Waals surface area contributed by atoms with E-state index in [1.165, 1.54) is 5.56 Å². The zero-order valence-corrected chi connectivity index (χ0v) is 9.80. The van der Waals surface area contributed by atoms with Gasteiger partial charge < -0.3 is 10.1 Å². The van der Waals surface area contributed by atoms with Gasteiger partial charge >= 0.3 is 0 Å². The Hall–Kier alpha value is -1.39. The Kier molecular flexibility index (Phi) is 4.12. The number of nitrogens with zero attached hydrogens (tertiary/aromatic N) is 1. The van der Waals surface area contributed by atoms with Crippen molar-refractivity contribution in [2.45, 2.75) is 25.3 Å². The zero-order chi connectivity index (χ0) is 12.1. The van der Waals surface area contributed by atoms with Crippen molar-refractivity contribution in [2.24, 2.45) is 0 Å². The molecule has 4 nitrogen and oxygen atoms in total. The van der Waals surface area contributed by atoms with Crippen LogP contribution in [-0.2, 0) is 11.2 Å². The zero-order valence-electron chi connectivity index (χ0n) is 9.80. The Bertz CT molecular complexity index is 367. The van der Waals surface area contributed by atoms with Crippen LogP contribution in [0.2, 0.25) is 0 Å². The van der Waals surface area contributed by atoms with Crippen LogP contribution >= 0.6 is 0 Å². The van der Waals surface area contributed by atoms with Crippen molar-refractivity contribution in [2.75, 3.05) is 13.1 Å². The molecule has 1 atom stereocenters. The number of hydroxylamine groups is 1. The maximum atomic E-state index is 11.9. The van der Waals surface area contributed by atoms with E-state index in [0.717, 1.165) is 19.4 Å². The van der Waals surface area contributed by atoms with Crippen LogP contribution in [0, 0.1) is 0 Å². The molecule has 1 unspecified atom stereocenters. The van der Waals surface area contributed by atoms with Gasteiger partial charge in [-0.15, -0.1) is 0 Å². The summed E-state index contributed by atoms with van der Waals surface area (Å²) in [4.78, 5) is 13.7. The topological polar surface area (TPSA) is 52.6 Å². The highest BCUT2D eigenvalue weighted by Crippen LogP contribution is 2.11. The van der Waals surface area contributed by atoms with Crippen LogP contribution in [0.25, 0.3) is 0 Å². The van der Waals surface area contributed by atoms with E-state index in [4.69, 9.17) is 5.21 Å². The molecule has 0 radical (unpaired) electrons. The summed E-state index contributed by atoms with van der Waals surface area (Å²) < 4.78 is 0. The first-order valence-corrected chi connectivity index (χ1v) is 6.01. The van der Waals surface area contributed by atoms with E-state index in [9.17, 15) is 4.79 Å². The van der Waals surface area contributed by atoms with Crippen molar-refractivity contribution in [3.8, 4) is 0 Å². The highest BCUT2D eigenvalue weighted by molar-refractivity contribution is 5.76. The van der Waals surface area contributed by atoms with Crippen molar-refractivity contribution >= 4 is 5.91 Å². The lowest BCUT2D eigenvalue weighted by Gasteiger charge is -2.16. The Labute approximate surface area is 101 Å². The van der Waals surface area contributed by atoms with Gasteiger partial charge in [-0.3, -0.25) is 4.79 Å². The minimum Gasteiger partial charge on any atom is -0.341 e. The maximum Gasteiger partial charge on any atom is 0.222 e. The molecule has 1 amide bonds. The number of amides is 1. The summed E-state index contributed by atoms with van der Waals surface area (Å²) in [6.45, 7) is 1.36. The Balaban J connectivity index is 1.78. The minimum absolute atomic E-state index is 0.0377. The number of carbonyl (C=O) groups excluding carboxylic acids is 1. The average Bonchev–Trinajstić information content (AvgIpc) is 2.86. The van der Waals surface area contributed by atoms with E-state index in [2.05, 4.69) is 5.48 Å². The molecule has 1 heterocycles. The summed E-state index contributed by atoms with van der Waals surface area (Å²) in [5, 5.41) is 8.79. The summed E-state index contributed by atoms with van der Waals surface area (Å²) >= 11 is 0.